The van der Waals surface area contributed by atoms with Crippen molar-refractivity contribution in [3.05, 3.63) is 35.9 Å². The van der Waals surface area contributed by atoms with E-state index < -0.39 is 17.8 Å². The van der Waals surface area contributed by atoms with Gasteiger partial charge in [-0.15, -0.1) is 0 Å². The number of amides is 2. The Bertz CT molecular complexity index is 713. The largest absolute Gasteiger partial charge is 0.447 e. The average molecular weight is 389 g/mol. The summed E-state index contributed by atoms with van der Waals surface area (Å²) in [6.07, 6.45) is 0.838. The quantitative estimate of drug-likeness (QED) is 0.680. The molecule has 2 atom stereocenters. The summed E-state index contributed by atoms with van der Waals surface area (Å²) in [5, 5.41) is 0. The Hall–Kier alpha value is -2.25. The molecule has 0 spiro atoms. The number of ether oxygens (including phenoxy) is 3. The topological polar surface area (TPSA) is 82.1 Å². The highest BCUT2D eigenvalue weighted by atomic mass is 16.7. The van der Waals surface area contributed by atoms with E-state index in [-0.39, 0.29) is 30.8 Å². The van der Waals surface area contributed by atoms with Gasteiger partial charge in [-0.3, -0.25) is 4.79 Å². The Kier molecular flexibility index (Phi) is 6.46. The molecular weight excluding hydrogens is 362 g/mol. The monoisotopic (exact) mass is 389 g/mol. The van der Waals surface area contributed by atoms with Crippen LogP contribution in [0, 0.1) is 5.92 Å². The summed E-state index contributed by atoms with van der Waals surface area (Å²) in [6, 6.07) is 9.29. The van der Waals surface area contributed by atoms with Crippen molar-refractivity contribution in [3.63, 3.8) is 0 Å². The Morgan fingerprint density at radius 3 is 2.54 bits per heavy atom. The highest BCUT2D eigenvalue weighted by Gasteiger charge is 2.42. The van der Waals surface area contributed by atoms with E-state index in [0.717, 1.165) is 5.56 Å². The molecule has 0 N–H and O–H groups in total. The normalized spacial score (nSPS) is 22.1. The Balaban J connectivity index is 1.71. The number of imide groups is 1. The summed E-state index contributed by atoms with van der Waals surface area (Å²) in [6.45, 7) is 4.47. The maximum Gasteiger partial charge on any atom is 0.416 e. The molecule has 2 saturated heterocycles. The summed E-state index contributed by atoms with van der Waals surface area (Å²) in [7, 11) is 0. The van der Waals surface area contributed by atoms with Gasteiger partial charge in [0.2, 0.25) is 5.91 Å². The van der Waals surface area contributed by atoms with Crippen LogP contribution in [0.25, 0.3) is 0 Å². The fourth-order valence-corrected chi connectivity index (χ4v) is 3.76. The molecule has 1 unspecified atom stereocenters. The molecule has 0 aliphatic carbocycles. The zero-order valence-electron chi connectivity index (χ0n) is 16.4. The zero-order valence-corrected chi connectivity index (χ0v) is 16.4. The van der Waals surface area contributed by atoms with Gasteiger partial charge >= 0.3 is 6.09 Å². The predicted molar refractivity (Wildman–Crippen MR) is 100 cm³/mol. The van der Waals surface area contributed by atoms with Gasteiger partial charge in [-0.2, -0.15) is 0 Å². The third-order valence-corrected chi connectivity index (χ3v) is 5.24. The van der Waals surface area contributed by atoms with Gasteiger partial charge in [-0.1, -0.05) is 30.3 Å². The van der Waals surface area contributed by atoms with Crippen LogP contribution in [0.3, 0.4) is 0 Å². The van der Waals surface area contributed by atoms with Crippen LogP contribution in [0.5, 0.6) is 0 Å². The molecule has 2 aliphatic rings. The lowest BCUT2D eigenvalue weighted by Crippen LogP contribution is -2.44. The zero-order chi connectivity index (χ0) is 20.1. The number of ketones is 1. The van der Waals surface area contributed by atoms with Crippen molar-refractivity contribution in [2.45, 2.75) is 51.4 Å². The molecule has 3 rings (SSSR count). The summed E-state index contributed by atoms with van der Waals surface area (Å²) < 4.78 is 16.4. The fraction of sp³-hybridized carbons (Fsp3) is 0.571. The molecule has 28 heavy (non-hydrogen) atoms. The molecule has 0 bridgehead atoms. The highest BCUT2D eigenvalue weighted by Crippen LogP contribution is 2.29. The minimum absolute atomic E-state index is 0.0801. The molecule has 152 valence electrons. The van der Waals surface area contributed by atoms with Gasteiger partial charge in [-0.25, -0.2) is 9.69 Å². The summed E-state index contributed by atoms with van der Waals surface area (Å²) in [5.74, 6) is -1.81. The second-order valence-electron chi connectivity index (χ2n) is 7.60. The van der Waals surface area contributed by atoms with E-state index in [1.165, 1.54) is 11.8 Å². The SMILES string of the molecule is CC(=O)C[C@H](CCC1(C)OCCO1)C(=O)N1C(=O)OCC1Cc1ccccc1. The number of benzene rings is 1. The van der Waals surface area contributed by atoms with Gasteiger partial charge in [0.15, 0.2) is 5.79 Å². The van der Waals surface area contributed by atoms with Crippen LogP contribution in [0.2, 0.25) is 0 Å². The lowest BCUT2D eigenvalue weighted by Gasteiger charge is -2.27. The molecule has 7 nitrogen and oxygen atoms in total. The minimum atomic E-state index is -0.746. The first-order valence-electron chi connectivity index (χ1n) is 9.69. The van der Waals surface area contributed by atoms with Gasteiger partial charge < -0.3 is 19.0 Å². The molecule has 0 aromatic heterocycles. The summed E-state index contributed by atoms with van der Waals surface area (Å²) in [5.41, 5.74) is 1.02. The standard InChI is InChI=1S/C21H27NO6/c1-15(23)12-17(8-9-21(2)27-10-11-28-21)19(24)22-18(14-26-20(22)25)13-16-6-4-3-5-7-16/h3-7,17-18H,8-14H2,1-2H3/t17-,18?/m0/s1. The van der Waals surface area contributed by atoms with E-state index >= 15 is 0 Å². The molecular formula is C21H27NO6. The van der Waals surface area contributed by atoms with Crippen LogP contribution in [0.1, 0.15) is 38.7 Å². The average Bonchev–Trinajstić information content (AvgIpc) is 3.25. The Morgan fingerprint density at radius 1 is 1.21 bits per heavy atom. The number of carbonyl (C=O) groups excluding carboxylic acids is 3. The van der Waals surface area contributed by atoms with Crippen molar-refractivity contribution >= 4 is 17.8 Å². The number of nitrogens with zero attached hydrogens (tertiary/aromatic N) is 1. The van der Waals surface area contributed by atoms with Gasteiger partial charge in [0.25, 0.3) is 0 Å². The number of hydrogen-bond donors (Lipinski definition) is 0. The number of rotatable bonds is 8. The van der Waals surface area contributed by atoms with Crippen molar-refractivity contribution < 1.29 is 28.6 Å². The fourth-order valence-electron chi connectivity index (χ4n) is 3.76. The molecule has 7 heteroatoms. The van der Waals surface area contributed by atoms with E-state index in [1.807, 2.05) is 37.3 Å². The molecule has 2 fully saturated rings. The first-order chi connectivity index (χ1) is 13.4. The van der Waals surface area contributed by atoms with Gasteiger partial charge in [0.05, 0.1) is 19.3 Å². The van der Waals surface area contributed by atoms with Gasteiger partial charge in [0.1, 0.15) is 12.4 Å². The second-order valence-corrected chi connectivity index (χ2v) is 7.60. The number of Topliss-reactive ketones (excluding diaryl/α,β-unsaturated/α-hetero) is 1. The molecule has 2 heterocycles. The van der Waals surface area contributed by atoms with Crippen LogP contribution >= 0.6 is 0 Å². The van der Waals surface area contributed by atoms with Crippen molar-refractivity contribution in [3.8, 4) is 0 Å². The number of cyclic esters (lactones) is 1. The van der Waals surface area contributed by atoms with Crippen molar-refractivity contribution in [2.75, 3.05) is 19.8 Å². The summed E-state index contributed by atoms with van der Waals surface area (Å²) in [4.78, 5) is 38.4. The maximum absolute atomic E-state index is 13.2. The van der Waals surface area contributed by atoms with E-state index in [9.17, 15) is 14.4 Å². The first-order valence-corrected chi connectivity index (χ1v) is 9.69. The van der Waals surface area contributed by atoms with E-state index in [2.05, 4.69) is 0 Å². The van der Waals surface area contributed by atoms with Gasteiger partial charge in [-0.05, 0) is 32.3 Å². The van der Waals surface area contributed by atoms with Crippen LogP contribution in [0.15, 0.2) is 30.3 Å². The predicted octanol–water partition coefficient (Wildman–Crippen LogP) is 2.72. The van der Waals surface area contributed by atoms with Crippen LogP contribution in [-0.4, -0.2) is 54.3 Å². The third kappa shape index (κ3) is 4.97. The number of hydrogen-bond acceptors (Lipinski definition) is 6. The van der Waals surface area contributed by atoms with Gasteiger partial charge in [0, 0.05) is 18.8 Å². The van der Waals surface area contributed by atoms with Crippen LogP contribution in [0.4, 0.5) is 4.79 Å². The van der Waals surface area contributed by atoms with E-state index in [0.29, 0.717) is 32.5 Å². The van der Waals surface area contributed by atoms with E-state index in [1.54, 1.807) is 0 Å². The van der Waals surface area contributed by atoms with E-state index in [4.69, 9.17) is 14.2 Å². The second kappa shape index (κ2) is 8.84. The molecule has 1 aromatic carbocycles. The van der Waals surface area contributed by atoms with Crippen LogP contribution in [-0.2, 0) is 30.2 Å². The molecule has 0 radical (unpaired) electrons. The maximum atomic E-state index is 13.2. The van der Waals surface area contributed by atoms with Crippen molar-refractivity contribution in [1.82, 2.24) is 4.90 Å². The lowest BCUT2D eigenvalue weighted by molar-refractivity contribution is -0.153. The Labute approximate surface area is 164 Å². The molecule has 0 saturated carbocycles. The highest BCUT2D eigenvalue weighted by molar-refractivity contribution is 5.96. The summed E-state index contributed by atoms with van der Waals surface area (Å²) >= 11 is 0. The Morgan fingerprint density at radius 2 is 1.89 bits per heavy atom. The lowest BCUT2D eigenvalue weighted by atomic mass is 9.92. The molecule has 2 amide bonds. The van der Waals surface area contributed by atoms with Crippen molar-refractivity contribution in [2.24, 2.45) is 5.92 Å². The van der Waals surface area contributed by atoms with Crippen molar-refractivity contribution in [1.29, 1.82) is 0 Å². The number of carbonyl (C=O) groups is 3. The van der Waals surface area contributed by atoms with Crippen LogP contribution < -0.4 is 0 Å². The minimum Gasteiger partial charge on any atom is -0.447 e. The molecule has 2 aliphatic heterocycles. The third-order valence-electron chi connectivity index (χ3n) is 5.24. The molecule has 1 aromatic rings. The smallest absolute Gasteiger partial charge is 0.416 e. The first kappa shape index (κ1) is 20.5.